The number of phenolic OH excluding ortho intramolecular Hbond substituents is 1. The van der Waals surface area contributed by atoms with Gasteiger partial charge in [-0.25, -0.2) is 4.68 Å². The van der Waals surface area contributed by atoms with Crippen LogP contribution in [-0.2, 0) is 4.79 Å². The summed E-state index contributed by atoms with van der Waals surface area (Å²) in [5.41, 5.74) is 7.76. The highest BCUT2D eigenvalue weighted by atomic mass is 16.5. The van der Waals surface area contributed by atoms with Crippen molar-refractivity contribution < 1.29 is 24.5 Å². The van der Waals surface area contributed by atoms with Crippen molar-refractivity contribution in [3.63, 3.8) is 0 Å². The summed E-state index contributed by atoms with van der Waals surface area (Å²) in [5.74, 6) is -0.305. The zero-order chi connectivity index (χ0) is 24.7. The summed E-state index contributed by atoms with van der Waals surface area (Å²) in [7, 11) is 0. The van der Waals surface area contributed by atoms with Gasteiger partial charge in [-0.15, -0.1) is 0 Å². The lowest BCUT2D eigenvalue weighted by Gasteiger charge is -2.13. The van der Waals surface area contributed by atoms with Gasteiger partial charge in [0.05, 0.1) is 17.2 Å². The first-order chi connectivity index (χ1) is 16.8. The average molecular weight is 471 g/mol. The Morgan fingerprint density at radius 3 is 2.66 bits per heavy atom. The maximum Gasteiger partial charge on any atom is 0.261 e. The van der Waals surface area contributed by atoms with E-state index in [1.807, 2.05) is 25.1 Å². The van der Waals surface area contributed by atoms with Gasteiger partial charge in [-0.05, 0) is 42.8 Å². The number of carboxylic acids is 1. The molecule has 4 N–H and O–H groups in total. The lowest BCUT2D eigenvalue weighted by Crippen LogP contribution is -2.28. The van der Waals surface area contributed by atoms with E-state index in [9.17, 15) is 19.8 Å². The maximum atomic E-state index is 12.8. The summed E-state index contributed by atoms with van der Waals surface area (Å²) in [4.78, 5) is 26.2. The normalized spacial score (nSPS) is 11.1. The maximum absolute atomic E-state index is 12.8. The van der Waals surface area contributed by atoms with Crippen molar-refractivity contribution >= 4 is 33.6 Å². The number of aromatic nitrogens is 3. The first kappa shape index (κ1) is 21.8. The number of nitrogens with zero attached hydrogens (tertiary/aromatic N) is 2. The minimum Gasteiger partial charge on any atom is -0.546 e. The van der Waals surface area contributed by atoms with Crippen LogP contribution in [0.5, 0.6) is 23.0 Å². The summed E-state index contributed by atoms with van der Waals surface area (Å²) in [5, 5.41) is 26.6. The third kappa shape index (κ3) is 3.97. The molecule has 0 atom stereocenters. The van der Waals surface area contributed by atoms with Crippen LogP contribution in [0.4, 0.5) is 5.82 Å². The molecule has 0 aliphatic heterocycles. The number of H-pyrrole nitrogens is 1. The third-order valence-corrected chi connectivity index (χ3v) is 5.48. The second-order valence-electron chi connectivity index (χ2n) is 7.86. The van der Waals surface area contributed by atoms with E-state index >= 15 is 0 Å². The van der Waals surface area contributed by atoms with Gasteiger partial charge >= 0.3 is 0 Å². The molecule has 10 nitrogen and oxygen atoms in total. The summed E-state index contributed by atoms with van der Waals surface area (Å²) >= 11 is 0. The number of nitrogens with two attached hydrogens (primary N) is 1. The number of pyridine rings is 1. The summed E-state index contributed by atoms with van der Waals surface area (Å²) in [6.07, 6.45) is 0. The molecule has 2 aromatic heterocycles. The van der Waals surface area contributed by atoms with Crippen LogP contribution in [0.3, 0.4) is 0 Å². The van der Waals surface area contributed by atoms with Crippen LogP contribution in [0.15, 0.2) is 65.5 Å². The molecule has 0 saturated heterocycles. The van der Waals surface area contributed by atoms with Crippen molar-refractivity contribution in [2.24, 2.45) is 0 Å². The minimum atomic E-state index is -1.36. The van der Waals surface area contributed by atoms with Crippen molar-refractivity contribution in [2.45, 2.75) is 6.92 Å². The Balaban J connectivity index is 1.60. The number of anilines is 1. The lowest BCUT2D eigenvalue weighted by atomic mass is 10.1. The summed E-state index contributed by atoms with van der Waals surface area (Å²) < 4.78 is 12.3. The largest absolute Gasteiger partial charge is 0.546 e. The molecule has 10 heteroatoms. The number of para-hydroxylation sites is 1. The van der Waals surface area contributed by atoms with Crippen LogP contribution in [0.25, 0.3) is 27.5 Å². The quantitative estimate of drug-likeness (QED) is 0.341. The van der Waals surface area contributed by atoms with Gasteiger partial charge in [-0.1, -0.05) is 18.2 Å². The average Bonchev–Trinajstić information content (AvgIpc) is 3.18. The van der Waals surface area contributed by atoms with E-state index in [1.165, 1.54) is 16.8 Å². The Morgan fingerprint density at radius 1 is 1.14 bits per heavy atom. The van der Waals surface area contributed by atoms with E-state index < -0.39 is 18.1 Å². The molecule has 5 aromatic rings. The highest BCUT2D eigenvalue weighted by molar-refractivity contribution is 6.07. The fourth-order valence-electron chi connectivity index (χ4n) is 3.86. The first-order valence-corrected chi connectivity index (χ1v) is 10.6. The molecular formula is C25H19N4O6-. The zero-order valence-electron chi connectivity index (χ0n) is 18.4. The number of benzene rings is 3. The van der Waals surface area contributed by atoms with E-state index in [0.717, 1.165) is 0 Å². The predicted octanol–water partition coefficient (Wildman–Crippen LogP) is 2.38. The monoisotopic (exact) mass is 471 g/mol. The van der Waals surface area contributed by atoms with Crippen LogP contribution in [0, 0.1) is 6.92 Å². The Hall–Kier alpha value is -4.99. The van der Waals surface area contributed by atoms with Crippen LogP contribution >= 0.6 is 0 Å². The second kappa shape index (κ2) is 8.41. The first-order valence-electron chi connectivity index (χ1n) is 10.6. The smallest absolute Gasteiger partial charge is 0.261 e. The van der Waals surface area contributed by atoms with Crippen molar-refractivity contribution in [2.75, 3.05) is 12.3 Å². The van der Waals surface area contributed by atoms with Crippen LogP contribution in [0.1, 0.15) is 5.56 Å². The van der Waals surface area contributed by atoms with Gasteiger partial charge in [-0.3, -0.25) is 4.79 Å². The fourth-order valence-corrected chi connectivity index (χ4v) is 3.86. The Morgan fingerprint density at radius 2 is 1.91 bits per heavy atom. The van der Waals surface area contributed by atoms with E-state index in [2.05, 4.69) is 10.1 Å². The number of aromatic hydroxyl groups is 1. The highest BCUT2D eigenvalue weighted by Crippen LogP contribution is 2.36. The number of aliphatic carboxylic acids is 1. The number of carbonyl (C=O) groups excluding carboxylic acids is 1. The van der Waals surface area contributed by atoms with Gasteiger partial charge in [0.1, 0.15) is 34.8 Å². The van der Waals surface area contributed by atoms with Crippen molar-refractivity contribution in [3.05, 3.63) is 76.6 Å². The number of carboxylic acid groups (broad SMARTS) is 1. The second-order valence-corrected chi connectivity index (χ2v) is 7.86. The molecule has 0 saturated carbocycles. The Kier molecular flexibility index (Phi) is 5.25. The number of hydrogen-bond acceptors (Lipinski definition) is 8. The molecule has 3 aromatic carbocycles. The fraction of sp³-hybridized carbons (Fsp3) is 0.0800. The number of hydrogen-bond donors (Lipinski definition) is 3. The highest BCUT2D eigenvalue weighted by Gasteiger charge is 2.19. The number of fused-ring (bicyclic) bond motifs is 3. The van der Waals surface area contributed by atoms with Crippen LogP contribution in [-0.4, -0.2) is 32.4 Å². The molecule has 0 aliphatic rings. The molecular weight excluding hydrogens is 452 g/mol. The number of ether oxygens (including phenoxy) is 2. The van der Waals surface area contributed by atoms with E-state index in [-0.39, 0.29) is 28.5 Å². The molecule has 0 radical (unpaired) electrons. The summed E-state index contributed by atoms with van der Waals surface area (Å²) in [6.45, 7) is 1.19. The molecule has 0 unspecified atom stereocenters. The molecule has 0 aliphatic carbocycles. The van der Waals surface area contributed by atoms with Crippen molar-refractivity contribution in [1.29, 1.82) is 0 Å². The number of nitrogen functional groups attached to an aromatic ring is 1. The molecule has 176 valence electrons. The molecule has 0 amide bonds. The minimum absolute atomic E-state index is 0.0969. The third-order valence-electron chi connectivity index (χ3n) is 5.48. The van der Waals surface area contributed by atoms with Crippen LogP contribution < -0.4 is 25.9 Å². The number of phenols is 1. The Labute approximate surface area is 197 Å². The number of rotatable bonds is 6. The van der Waals surface area contributed by atoms with E-state index in [1.54, 1.807) is 30.3 Å². The molecule has 35 heavy (non-hydrogen) atoms. The van der Waals surface area contributed by atoms with Crippen LogP contribution in [0.2, 0.25) is 0 Å². The summed E-state index contributed by atoms with van der Waals surface area (Å²) in [6, 6.07) is 16.9. The van der Waals surface area contributed by atoms with Gasteiger partial charge in [0, 0.05) is 17.5 Å². The number of aromatic amines is 1. The van der Waals surface area contributed by atoms with Crippen molar-refractivity contribution in [1.82, 2.24) is 14.8 Å². The number of aryl methyl sites for hydroxylation is 1. The van der Waals surface area contributed by atoms with E-state index in [0.29, 0.717) is 33.4 Å². The standard InChI is InChI=1S/C25H20N4O6/c1-13-9-20(35-14-5-3-2-4-6-14)19(30)11-18(13)29-24(26)22-23(28-29)16-8-7-15(34-12-21(31)32)10-17(16)27-25(22)33/h2-11,30H,12,26H2,1H3,(H,27,33)(H,31,32)/p-1. The molecule has 0 bridgehead atoms. The zero-order valence-corrected chi connectivity index (χ0v) is 18.4. The van der Waals surface area contributed by atoms with Crippen molar-refractivity contribution in [3.8, 4) is 28.7 Å². The predicted molar refractivity (Wildman–Crippen MR) is 127 cm³/mol. The van der Waals surface area contributed by atoms with Gasteiger partial charge in [0.2, 0.25) is 0 Å². The lowest BCUT2D eigenvalue weighted by molar-refractivity contribution is -0.307. The van der Waals surface area contributed by atoms with Gasteiger partial charge in [0.15, 0.2) is 11.5 Å². The van der Waals surface area contributed by atoms with Gasteiger partial charge in [-0.2, -0.15) is 5.10 Å². The SMILES string of the molecule is Cc1cc(Oc2ccccc2)c(O)cc1-n1nc2c(c1N)c(=O)[nH]c1cc(OCC(=O)[O-])ccc12. The molecule has 0 fully saturated rings. The number of carbonyl (C=O) groups is 1. The topological polar surface area (TPSA) is 156 Å². The molecule has 0 spiro atoms. The van der Waals surface area contributed by atoms with Gasteiger partial charge in [0.25, 0.3) is 5.56 Å². The van der Waals surface area contributed by atoms with E-state index in [4.69, 9.17) is 15.2 Å². The number of nitrogens with one attached hydrogen (secondary N) is 1. The van der Waals surface area contributed by atoms with Gasteiger partial charge < -0.3 is 35.2 Å². The Bertz CT molecular complexity index is 1660. The molecule has 2 heterocycles. The molecule has 5 rings (SSSR count).